The Bertz CT molecular complexity index is 832. The van der Waals surface area contributed by atoms with Gasteiger partial charge in [-0.25, -0.2) is 0 Å². The largest absolute Gasteiger partial charge is 0.497 e. The minimum absolute atomic E-state index is 0.0384. The van der Waals surface area contributed by atoms with Crippen molar-refractivity contribution in [2.24, 2.45) is 11.8 Å². The Balaban J connectivity index is 1.66. The van der Waals surface area contributed by atoms with Crippen molar-refractivity contribution in [3.05, 3.63) is 24.3 Å². The number of β-amino-alcohol motifs (C(OH)–C–C–N with tert-alkyl or cyclic N) is 1. The lowest BCUT2D eigenvalue weighted by atomic mass is 9.71. The second-order valence-corrected chi connectivity index (χ2v) is 9.24. The van der Waals surface area contributed by atoms with Crippen LogP contribution in [0.3, 0.4) is 0 Å². The number of fused-ring (bicyclic) bond motifs is 1. The number of ether oxygens (including phenoxy) is 1. The Morgan fingerprint density at radius 2 is 2.03 bits per heavy atom. The normalized spacial score (nSPS) is 32.2. The number of hydrogen-bond acceptors (Lipinski definition) is 6. The van der Waals surface area contributed by atoms with Crippen molar-refractivity contribution in [1.29, 1.82) is 0 Å². The minimum atomic E-state index is -0.723. The van der Waals surface area contributed by atoms with Crippen LogP contribution in [0.5, 0.6) is 5.75 Å². The fraction of sp³-hybridized carbons (Fsp3) is 0.550. The van der Waals surface area contributed by atoms with Crippen LogP contribution < -0.4 is 15.4 Å². The molecule has 3 amide bonds. The summed E-state index contributed by atoms with van der Waals surface area (Å²) in [4.78, 5) is 40.6. The van der Waals surface area contributed by atoms with Gasteiger partial charge in [-0.15, -0.1) is 11.8 Å². The van der Waals surface area contributed by atoms with Gasteiger partial charge in [-0.3, -0.25) is 14.4 Å². The van der Waals surface area contributed by atoms with Gasteiger partial charge in [-0.1, -0.05) is 0 Å². The molecule has 3 aliphatic heterocycles. The summed E-state index contributed by atoms with van der Waals surface area (Å²) in [5.41, 5.74) is 0.604. The molecule has 4 rings (SSSR count). The van der Waals surface area contributed by atoms with Crippen LogP contribution in [0, 0.1) is 11.8 Å². The van der Waals surface area contributed by atoms with Crippen LogP contribution in [0.4, 0.5) is 5.69 Å². The lowest BCUT2D eigenvalue weighted by molar-refractivity contribution is -0.139. The molecule has 0 aromatic heterocycles. The van der Waals surface area contributed by atoms with Gasteiger partial charge in [0, 0.05) is 24.5 Å². The molecule has 1 aromatic carbocycles. The number of nitrogens with one attached hydrogen (secondary N) is 2. The quantitative estimate of drug-likeness (QED) is 0.619. The van der Waals surface area contributed by atoms with Crippen LogP contribution in [-0.2, 0) is 14.4 Å². The second kappa shape index (κ2) is 7.53. The molecule has 3 heterocycles. The highest BCUT2D eigenvalue weighted by Crippen LogP contribution is 2.66. The smallest absolute Gasteiger partial charge is 0.248 e. The van der Waals surface area contributed by atoms with Crippen molar-refractivity contribution in [1.82, 2.24) is 10.2 Å². The van der Waals surface area contributed by atoms with Gasteiger partial charge in [-0.2, -0.15) is 0 Å². The maximum atomic E-state index is 13.3. The van der Waals surface area contributed by atoms with Crippen LogP contribution in [0.1, 0.15) is 12.8 Å². The predicted molar refractivity (Wildman–Crippen MR) is 109 cm³/mol. The summed E-state index contributed by atoms with van der Waals surface area (Å²) in [5, 5.41) is 15.1. The van der Waals surface area contributed by atoms with Crippen molar-refractivity contribution in [2.75, 3.05) is 32.6 Å². The molecular weight excluding hydrogens is 394 g/mol. The van der Waals surface area contributed by atoms with E-state index in [4.69, 9.17) is 4.74 Å². The third-order valence-corrected chi connectivity index (χ3v) is 8.25. The Morgan fingerprint density at radius 3 is 2.66 bits per heavy atom. The van der Waals surface area contributed by atoms with Crippen LogP contribution in [0.2, 0.25) is 0 Å². The third-order valence-electron chi connectivity index (χ3n) is 6.30. The van der Waals surface area contributed by atoms with Crippen LogP contribution >= 0.6 is 11.8 Å². The molecule has 3 saturated heterocycles. The second-order valence-electron chi connectivity index (χ2n) is 7.64. The summed E-state index contributed by atoms with van der Waals surface area (Å²) < 4.78 is 4.51. The fourth-order valence-electron chi connectivity index (χ4n) is 5.15. The Labute approximate surface area is 173 Å². The molecule has 3 fully saturated rings. The van der Waals surface area contributed by atoms with E-state index in [2.05, 4.69) is 10.6 Å². The van der Waals surface area contributed by atoms with Gasteiger partial charge in [-0.05, 0) is 37.1 Å². The van der Waals surface area contributed by atoms with Crippen LogP contribution in [0.15, 0.2) is 24.3 Å². The first-order valence-electron chi connectivity index (χ1n) is 9.72. The molecule has 2 bridgehead atoms. The molecule has 0 radical (unpaired) electrons. The Morgan fingerprint density at radius 1 is 1.31 bits per heavy atom. The predicted octanol–water partition coefficient (Wildman–Crippen LogP) is 0.463. The van der Waals surface area contributed by atoms with Gasteiger partial charge < -0.3 is 25.4 Å². The van der Waals surface area contributed by atoms with Gasteiger partial charge in [0.05, 0.1) is 30.3 Å². The number of likely N-dealkylation sites (tertiary alicyclic amines) is 1. The van der Waals surface area contributed by atoms with Crippen molar-refractivity contribution in [3.8, 4) is 5.75 Å². The highest BCUT2D eigenvalue weighted by atomic mass is 32.2. The molecule has 0 saturated carbocycles. The molecule has 8 nitrogen and oxygen atoms in total. The summed E-state index contributed by atoms with van der Waals surface area (Å²) in [5.74, 6) is -0.946. The summed E-state index contributed by atoms with van der Waals surface area (Å²) in [7, 11) is 3.14. The van der Waals surface area contributed by atoms with E-state index >= 15 is 0 Å². The molecule has 2 unspecified atom stereocenters. The number of carbonyl (C=O) groups excluding carboxylic acids is 3. The number of anilines is 1. The zero-order valence-electron chi connectivity index (χ0n) is 16.4. The van der Waals surface area contributed by atoms with E-state index in [9.17, 15) is 19.5 Å². The average Bonchev–Trinajstić information content (AvgIpc) is 3.36. The number of carbonyl (C=O) groups is 3. The highest BCUT2D eigenvalue weighted by molar-refractivity contribution is 8.02. The number of aliphatic hydroxyl groups excluding tert-OH is 1. The van der Waals surface area contributed by atoms with Crippen LogP contribution in [-0.4, -0.2) is 71.1 Å². The molecule has 156 valence electrons. The number of hydrogen-bond donors (Lipinski definition) is 3. The van der Waals surface area contributed by atoms with Crippen molar-refractivity contribution in [3.63, 3.8) is 0 Å². The van der Waals surface area contributed by atoms with Gasteiger partial charge in [0.1, 0.15) is 11.8 Å². The van der Waals surface area contributed by atoms with E-state index in [0.29, 0.717) is 17.9 Å². The molecule has 29 heavy (non-hydrogen) atoms. The number of amides is 3. The van der Waals surface area contributed by atoms with E-state index in [0.717, 1.165) is 6.42 Å². The molecule has 3 aliphatic rings. The SMILES string of the molecule is CNC(=O)[C@@H]1[C@H]2C(=O)N(CCO)C(C(=O)Nc3ccc(OC)cc3)C23CC[C@H]1S3. The van der Waals surface area contributed by atoms with Crippen LogP contribution in [0.25, 0.3) is 0 Å². The van der Waals surface area contributed by atoms with E-state index in [1.54, 1.807) is 50.2 Å². The van der Waals surface area contributed by atoms with Gasteiger partial charge >= 0.3 is 0 Å². The van der Waals surface area contributed by atoms with Gasteiger partial charge in [0.25, 0.3) is 0 Å². The van der Waals surface area contributed by atoms with Crippen molar-refractivity contribution >= 4 is 35.2 Å². The average molecular weight is 420 g/mol. The molecule has 9 heteroatoms. The van der Waals surface area contributed by atoms with E-state index in [-0.39, 0.29) is 36.1 Å². The fourth-order valence-corrected chi connectivity index (χ4v) is 7.37. The Kier molecular flexibility index (Phi) is 5.20. The van der Waals surface area contributed by atoms with Gasteiger partial charge in [0.15, 0.2) is 0 Å². The summed E-state index contributed by atoms with van der Waals surface area (Å²) >= 11 is 1.60. The Hall–Kier alpha value is -2.26. The lowest BCUT2D eigenvalue weighted by Crippen LogP contribution is -2.52. The minimum Gasteiger partial charge on any atom is -0.497 e. The monoisotopic (exact) mass is 419 g/mol. The summed E-state index contributed by atoms with van der Waals surface area (Å²) in [6, 6.07) is 6.26. The molecular formula is C20H25N3O5S. The van der Waals surface area contributed by atoms with Crippen molar-refractivity contribution in [2.45, 2.75) is 28.9 Å². The number of aliphatic hydroxyl groups is 1. The standard InChI is InChI=1S/C20H25N3O5S/c1-21-17(25)14-13-7-8-20(29-13)15(14)19(27)23(9-10-24)16(20)18(26)22-11-3-5-12(28-2)6-4-11/h3-6,13-16,24H,7-10H2,1-2H3,(H,21,25)(H,22,26)/t13-,14+,15+,16?,20?/m1/s1. The van der Waals surface area contributed by atoms with E-state index < -0.39 is 22.6 Å². The van der Waals surface area contributed by atoms with E-state index in [1.165, 1.54) is 4.90 Å². The molecule has 1 aromatic rings. The third kappa shape index (κ3) is 2.98. The maximum Gasteiger partial charge on any atom is 0.248 e. The molecule has 5 atom stereocenters. The molecule has 3 N–H and O–H groups in total. The summed E-state index contributed by atoms with van der Waals surface area (Å²) in [6.07, 6.45) is 1.50. The lowest BCUT2D eigenvalue weighted by Gasteiger charge is -2.34. The maximum absolute atomic E-state index is 13.3. The first-order chi connectivity index (χ1) is 14.0. The number of benzene rings is 1. The number of nitrogens with zero attached hydrogens (tertiary/aromatic N) is 1. The number of methoxy groups -OCH3 is 1. The topological polar surface area (TPSA) is 108 Å². The first kappa shape index (κ1) is 20.0. The zero-order valence-corrected chi connectivity index (χ0v) is 17.2. The first-order valence-corrected chi connectivity index (χ1v) is 10.6. The molecule has 0 aliphatic carbocycles. The summed E-state index contributed by atoms with van der Waals surface area (Å²) in [6.45, 7) is -0.164. The highest BCUT2D eigenvalue weighted by Gasteiger charge is 2.73. The van der Waals surface area contributed by atoms with Gasteiger partial charge in [0.2, 0.25) is 17.7 Å². The number of thioether (sulfide) groups is 1. The van der Waals surface area contributed by atoms with Crippen molar-refractivity contribution < 1.29 is 24.2 Å². The number of rotatable bonds is 6. The molecule has 1 spiro atoms. The van der Waals surface area contributed by atoms with E-state index in [1.807, 2.05) is 0 Å². The zero-order chi connectivity index (χ0) is 20.8.